The topological polar surface area (TPSA) is 9.23 Å². The van der Waals surface area contributed by atoms with Crippen molar-refractivity contribution in [3.05, 3.63) is 60.7 Å². The minimum atomic E-state index is -0.745. The van der Waals surface area contributed by atoms with Crippen LogP contribution in [-0.4, -0.2) is 5.60 Å². The molecule has 0 saturated carbocycles. The van der Waals surface area contributed by atoms with Crippen LogP contribution in [0.25, 0.3) is 0 Å². The molecule has 0 radical (unpaired) electrons. The lowest BCUT2D eigenvalue weighted by Crippen LogP contribution is -2.26. The highest BCUT2D eigenvalue weighted by atomic mass is 31.1. The molecule has 19 heavy (non-hydrogen) atoms. The predicted molar refractivity (Wildman–Crippen MR) is 84.5 cm³/mol. The number of hydrogen-bond acceptors (Lipinski definition) is 1. The van der Waals surface area contributed by atoms with Crippen LogP contribution in [-0.2, 0) is 4.52 Å². The molecule has 0 bridgehead atoms. The number of rotatable bonds is 5. The zero-order valence-corrected chi connectivity index (χ0v) is 12.7. The maximum atomic E-state index is 6.42. The Balaban J connectivity index is 2.35. The summed E-state index contributed by atoms with van der Waals surface area (Å²) in [5.74, 6) is 0. The molecule has 2 aromatic rings. The summed E-state index contributed by atoms with van der Waals surface area (Å²) in [6.07, 6.45) is 1.01. The van der Waals surface area contributed by atoms with Crippen LogP contribution < -0.4 is 10.6 Å². The van der Waals surface area contributed by atoms with Gasteiger partial charge in [-0.05, 0) is 20.3 Å². The van der Waals surface area contributed by atoms with Crippen molar-refractivity contribution in [1.29, 1.82) is 0 Å². The van der Waals surface area contributed by atoms with E-state index in [1.165, 1.54) is 10.6 Å². The molecule has 100 valence electrons. The van der Waals surface area contributed by atoms with Crippen molar-refractivity contribution in [2.24, 2.45) is 0 Å². The van der Waals surface area contributed by atoms with E-state index in [9.17, 15) is 0 Å². The van der Waals surface area contributed by atoms with E-state index >= 15 is 0 Å². The Bertz CT molecular complexity index is 454. The molecule has 0 atom stereocenters. The minimum absolute atomic E-state index is 0.0998. The SMILES string of the molecule is CCC(C)(C)OP(c1ccccc1)c1ccccc1. The van der Waals surface area contributed by atoms with Gasteiger partial charge >= 0.3 is 0 Å². The van der Waals surface area contributed by atoms with Gasteiger partial charge in [-0.15, -0.1) is 0 Å². The maximum Gasteiger partial charge on any atom is 0.0925 e. The number of benzene rings is 2. The van der Waals surface area contributed by atoms with Crippen molar-refractivity contribution in [3.63, 3.8) is 0 Å². The Morgan fingerprint density at radius 1 is 0.842 bits per heavy atom. The summed E-state index contributed by atoms with van der Waals surface area (Å²) < 4.78 is 6.42. The standard InChI is InChI=1S/C17H21OP/c1-4-17(2,3)18-19(15-11-7-5-8-12-15)16-13-9-6-10-14-16/h5-14H,4H2,1-3H3. The van der Waals surface area contributed by atoms with E-state index in [2.05, 4.69) is 69.3 Å². The second kappa shape index (κ2) is 6.32. The third-order valence-corrected chi connectivity index (χ3v) is 5.38. The van der Waals surface area contributed by atoms with Gasteiger partial charge < -0.3 is 4.52 Å². The zero-order valence-electron chi connectivity index (χ0n) is 11.8. The van der Waals surface area contributed by atoms with E-state index in [1.807, 2.05) is 12.1 Å². The van der Waals surface area contributed by atoms with Crippen molar-refractivity contribution < 1.29 is 4.52 Å². The summed E-state index contributed by atoms with van der Waals surface area (Å²) in [7, 11) is -0.745. The highest BCUT2D eigenvalue weighted by molar-refractivity contribution is 7.68. The lowest BCUT2D eigenvalue weighted by molar-refractivity contribution is 0.127. The molecule has 0 aliphatic heterocycles. The number of hydrogen-bond donors (Lipinski definition) is 0. The molecule has 0 aliphatic carbocycles. The smallest absolute Gasteiger partial charge is 0.0925 e. The summed E-state index contributed by atoms with van der Waals surface area (Å²) in [5.41, 5.74) is -0.0998. The van der Waals surface area contributed by atoms with Crippen LogP contribution in [0.5, 0.6) is 0 Å². The quantitative estimate of drug-likeness (QED) is 0.740. The fraction of sp³-hybridized carbons (Fsp3) is 0.294. The van der Waals surface area contributed by atoms with Crippen LogP contribution in [0.4, 0.5) is 0 Å². The van der Waals surface area contributed by atoms with Gasteiger partial charge in [0.2, 0.25) is 0 Å². The molecule has 2 aromatic carbocycles. The Kier molecular flexibility index (Phi) is 4.74. The van der Waals surface area contributed by atoms with Crippen molar-refractivity contribution in [1.82, 2.24) is 0 Å². The fourth-order valence-corrected chi connectivity index (χ4v) is 3.71. The van der Waals surface area contributed by atoms with E-state index in [4.69, 9.17) is 4.52 Å². The summed E-state index contributed by atoms with van der Waals surface area (Å²) in [5, 5.41) is 2.54. The van der Waals surface area contributed by atoms with E-state index in [0.717, 1.165) is 6.42 Å². The molecule has 0 saturated heterocycles. The van der Waals surface area contributed by atoms with Crippen LogP contribution in [0.15, 0.2) is 60.7 Å². The highest BCUT2D eigenvalue weighted by Gasteiger charge is 2.24. The van der Waals surface area contributed by atoms with E-state index < -0.39 is 8.15 Å². The van der Waals surface area contributed by atoms with Gasteiger partial charge in [-0.3, -0.25) is 0 Å². The Morgan fingerprint density at radius 2 is 1.26 bits per heavy atom. The Morgan fingerprint density at radius 3 is 1.63 bits per heavy atom. The monoisotopic (exact) mass is 272 g/mol. The largest absolute Gasteiger partial charge is 0.344 e. The average Bonchev–Trinajstić information content (AvgIpc) is 2.47. The normalized spacial score (nSPS) is 11.8. The molecule has 2 rings (SSSR count). The fourth-order valence-electron chi connectivity index (χ4n) is 1.69. The van der Waals surface area contributed by atoms with Crippen LogP contribution in [0, 0.1) is 0 Å². The maximum absolute atomic E-state index is 6.42. The third-order valence-electron chi connectivity index (χ3n) is 3.17. The first-order valence-corrected chi connectivity index (χ1v) is 7.98. The highest BCUT2D eigenvalue weighted by Crippen LogP contribution is 2.40. The zero-order chi connectivity index (χ0) is 13.7. The molecule has 2 heteroatoms. The van der Waals surface area contributed by atoms with E-state index in [-0.39, 0.29) is 5.60 Å². The molecule has 1 nitrogen and oxygen atoms in total. The van der Waals surface area contributed by atoms with Crippen LogP contribution in [0.2, 0.25) is 0 Å². The first kappa shape index (κ1) is 14.2. The van der Waals surface area contributed by atoms with Gasteiger partial charge in [0.1, 0.15) is 0 Å². The van der Waals surface area contributed by atoms with Crippen molar-refractivity contribution in [3.8, 4) is 0 Å². The van der Waals surface area contributed by atoms with Crippen molar-refractivity contribution in [2.75, 3.05) is 0 Å². The van der Waals surface area contributed by atoms with Crippen LogP contribution in [0.3, 0.4) is 0 Å². The first-order chi connectivity index (χ1) is 9.12. The first-order valence-electron chi connectivity index (χ1n) is 6.72. The second-order valence-electron chi connectivity index (χ2n) is 5.17. The van der Waals surface area contributed by atoms with E-state index in [0.29, 0.717) is 0 Å². The average molecular weight is 272 g/mol. The molecule has 0 aromatic heterocycles. The molecular formula is C17H21OP. The summed E-state index contributed by atoms with van der Waals surface area (Å²) in [4.78, 5) is 0. The molecule has 0 fully saturated rings. The molecule has 0 spiro atoms. The molecule has 0 N–H and O–H groups in total. The van der Waals surface area contributed by atoms with Gasteiger partial charge in [0.15, 0.2) is 0 Å². The summed E-state index contributed by atoms with van der Waals surface area (Å²) in [6, 6.07) is 21.0. The third kappa shape index (κ3) is 3.89. The van der Waals surface area contributed by atoms with Gasteiger partial charge in [0.05, 0.1) is 13.7 Å². The van der Waals surface area contributed by atoms with Crippen LogP contribution >= 0.6 is 8.15 Å². The van der Waals surface area contributed by atoms with Gasteiger partial charge in [-0.2, -0.15) is 0 Å². The Hall–Kier alpha value is -1.17. The van der Waals surface area contributed by atoms with Gasteiger partial charge in [0, 0.05) is 10.6 Å². The van der Waals surface area contributed by atoms with Crippen molar-refractivity contribution >= 4 is 18.8 Å². The van der Waals surface area contributed by atoms with Gasteiger partial charge in [-0.1, -0.05) is 67.6 Å². The molecule has 0 amide bonds. The Labute approximate surface area is 117 Å². The molecule has 0 aliphatic rings. The second-order valence-corrected chi connectivity index (χ2v) is 6.97. The molecule has 0 heterocycles. The van der Waals surface area contributed by atoms with Crippen LogP contribution in [0.1, 0.15) is 27.2 Å². The summed E-state index contributed by atoms with van der Waals surface area (Å²) >= 11 is 0. The summed E-state index contributed by atoms with van der Waals surface area (Å²) in [6.45, 7) is 6.49. The predicted octanol–water partition coefficient (Wildman–Crippen LogP) is 4.24. The van der Waals surface area contributed by atoms with Gasteiger partial charge in [0.25, 0.3) is 0 Å². The lowest BCUT2D eigenvalue weighted by Gasteiger charge is -2.30. The lowest BCUT2D eigenvalue weighted by atomic mass is 10.1. The minimum Gasteiger partial charge on any atom is -0.344 e. The molecule has 0 unspecified atom stereocenters. The van der Waals surface area contributed by atoms with Crippen molar-refractivity contribution in [2.45, 2.75) is 32.8 Å². The van der Waals surface area contributed by atoms with Gasteiger partial charge in [-0.25, -0.2) is 0 Å². The van der Waals surface area contributed by atoms with E-state index in [1.54, 1.807) is 0 Å². The molecular weight excluding hydrogens is 251 g/mol.